The van der Waals surface area contributed by atoms with E-state index >= 15 is 0 Å². The van der Waals surface area contributed by atoms with Crippen molar-refractivity contribution < 1.29 is 14.3 Å². The number of nitrogens with two attached hydrogens (primary N) is 1. The standard InChI is InChI=1S/C14H18N2O3S/c1-18-9-4-3-5-10(19-2)11(9)14(17)16-12(13(15)20)8-6-7-8/h3-5,8,12H,6-7H2,1-2H3,(H2,15,20)(H,16,17). The van der Waals surface area contributed by atoms with Gasteiger partial charge in [0.05, 0.1) is 25.2 Å². The first-order chi connectivity index (χ1) is 9.58. The molecule has 1 aliphatic carbocycles. The predicted octanol–water partition coefficient (Wildman–Crippen LogP) is 1.50. The van der Waals surface area contributed by atoms with Gasteiger partial charge >= 0.3 is 0 Å². The molecule has 108 valence electrons. The summed E-state index contributed by atoms with van der Waals surface area (Å²) >= 11 is 5.02. The minimum atomic E-state index is -0.288. The van der Waals surface area contributed by atoms with Gasteiger partial charge in [0, 0.05) is 0 Å². The minimum Gasteiger partial charge on any atom is -0.496 e. The Bertz CT molecular complexity index is 507. The second kappa shape index (κ2) is 6.09. The summed E-state index contributed by atoms with van der Waals surface area (Å²) in [6.45, 7) is 0. The second-order valence-electron chi connectivity index (χ2n) is 4.73. The zero-order valence-electron chi connectivity index (χ0n) is 11.5. The summed E-state index contributed by atoms with van der Waals surface area (Å²) in [6.07, 6.45) is 2.07. The van der Waals surface area contributed by atoms with Gasteiger partial charge in [-0.1, -0.05) is 18.3 Å². The van der Waals surface area contributed by atoms with E-state index in [1.54, 1.807) is 18.2 Å². The van der Waals surface area contributed by atoms with Crippen molar-refractivity contribution in [3.05, 3.63) is 23.8 Å². The van der Waals surface area contributed by atoms with Crippen molar-refractivity contribution in [1.82, 2.24) is 5.32 Å². The van der Waals surface area contributed by atoms with Gasteiger partial charge in [-0.15, -0.1) is 0 Å². The Hall–Kier alpha value is -1.82. The average Bonchev–Trinajstić information content (AvgIpc) is 3.27. The van der Waals surface area contributed by atoms with E-state index < -0.39 is 0 Å². The van der Waals surface area contributed by atoms with Gasteiger partial charge in [0.1, 0.15) is 17.1 Å². The molecule has 0 radical (unpaired) electrons. The molecular weight excluding hydrogens is 276 g/mol. The topological polar surface area (TPSA) is 73.6 Å². The molecule has 5 nitrogen and oxygen atoms in total. The van der Waals surface area contributed by atoms with Crippen molar-refractivity contribution in [3.63, 3.8) is 0 Å². The van der Waals surface area contributed by atoms with E-state index in [0.717, 1.165) is 12.8 Å². The fourth-order valence-electron chi connectivity index (χ4n) is 2.14. The monoisotopic (exact) mass is 294 g/mol. The van der Waals surface area contributed by atoms with Gasteiger partial charge in [0.2, 0.25) is 0 Å². The van der Waals surface area contributed by atoms with Crippen LogP contribution in [-0.2, 0) is 0 Å². The largest absolute Gasteiger partial charge is 0.496 e. The first kappa shape index (κ1) is 14.6. The SMILES string of the molecule is COc1cccc(OC)c1C(=O)NC(C(N)=S)C1CC1. The maximum atomic E-state index is 12.5. The van der Waals surface area contributed by atoms with Crippen LogP contribution in [0.4, 0.5) is 0 Å². The number of thiocarbonyl (C=S) groups is 1. The molecule has 1 aromatic carbocycles. The smallest absolute Gasteiger partial charge is 0.259 e. The molecule has 1 fully saturated rings. The van der Waals surface area contributed by atoms with E-state index in [1.807, 2.05) is 0 Å². The molecule has 3 N–H and O–H groups in total. The normalized spacial score (nSPS) is 15.3. The lowest BCUT2D eigenvalue weighted by Crippen LogP contribution is -2.45. The van der Waals surface area contributed by atoms with E-state index in [4.69, 9.17) is 27.4 Å². The summed E-state index contributed by atoms with van der Waals surface area (Å²) in [6, 6.07) is 4.92. The number of nitrogens with one attached hydrogen (secondary N) is 1. The van der Waals surface area contributed by atoms with Crippen LogP contribution in [0.1, 0.15) is 23.2 Å². The number of rotatable bonds is 6. The van der Waals surface area contributed by atoms with Crippen molar-refractivity contribution in [2.45, 2.75) is 18.9 Å². The first-order valence-corrected chi connectivity index (χ1v) is 6.80. The maximum absolute atomic E-state index is 12.5. The lowest BCUT2D eigenvalue weighted by Gasteiger charge is -2.19. The molecular formula is C14H18N2O3S. The third-order valence-electron chi connectivity index (χ3n) is 3.34. The van der Waals surface area contributed by atoms with Crippen molar-refractivity contribution >= 4 is 23.1 Å². The zero-order chi connectivity index (χ0) is 14.7. The van der Waals surface area contributed by atoms with Gasteiger partial charge in [0.25, 0.3) is 5.91 Å². The molecule has 1 saturated carbocycles. The van der Waals surface area contributed by atoms with Crippen LogP contribution in [0, 0.1) is 5.92 Å². The van der Waals surface area contributed by atoms with Crippen LogP contribution in [0.2, 0.25) is 0 Å². The Kier molecular flexibility index (Phi) is 4.44. The number of methoxy groups -OCH3 is 2. The van der Waals surface area contributed by atoms with E-state index in [0.29, 0.717) is 28.0 Å². The summed E-state index contributed by atoms with van der Waals surface area (Å²) in [5, 5.41) is 2.88. The lowest BCUT2D eigenvalue weighted by atomic mass is 10.1. The molecule has 0 saturated heterocycles. The third kappa shape index (κ3) is 3.01. The van der Waals surface area contributed by atoms with Crippen LogP contribution in [0.3, 0.4) is 0 Å². The van der Waals surface area contributed by atoms with Gasteiger partial charge in [-0.25, -0.2) is 0 Å². The Morgan fingerprint density at radius 3 is 2.30 bits per heavy atom. The Morgan fingerprint density at radius 2 is 1.90 bits per heavy atom. The summed E-state index contributed by atoms with van der Waals surface area (Å²) in [7, 11) is 3.02. The number of carbonyl (C=O) groups excluding carboxylic acids is 1. The van der Waals surface area contributed by atoms with Crippen LogP contribution >= 0.6 is 12.2 Å². The molecule has 1 atom stereocenters. The molecule has 6 heteroatoms. The molecule has 0 bridgehead atoms. The first-order valence-electron chi connectivity index (χ1n) is 6.39. The predicted molar refractivity (Wildman–Crippen MR) is 80.3 cm³/mol. The van der Waals surface area contributed by atoms with Crippen LogP contribution in [0.5, 0.6) is 11.5 Å². The fraction of sp³-hybridized carbons (Fsp3) is 0.429. The van der Waals surface area contributed by atoms with Crippen molar-refractivity contribution in [3.8, 4) is 11.5 Å². The second-order valence-corrected chi connectivity index (χ2v) is 5.20. The molecule has 20 heavy (non-hydrogen) atoms. The zero-order valence-corrected chi connectivity index (χ0v) is 12.3. The molecule has 1 aromatic rings. The van der Waals surface area contributed by atoms with E-state index in [-0.39, 0.29) is 11.9 Å². The van der Waals surface area contributed by atoms with Gasteiger partial charge in [-0.05, 0) is 30.9 Å². The molecule has 1 amide bonds. The van der Waals surface area contributed by atoms with Crippen LogP contribution in [0.25, 0.3) is 0 Å². The van der Waals surface area contributed by atoms with Gasteiger partial charge in [-0.2, -0.15) is 0 Å². The highest BCUT2D eigenvalue weighted by Gasteiger charge is 2.35. The fourth-order valence-corrected chi connectivity index (χ4v) is 2.39. The minimum absolute atomic E-state index is 0.271. The van der Waals surface area contributed by atoms with Crippen molar-refractivity contribution in [2.75, 3.05) is 14.2 Å². The molecule has 0 aliphatic heterocycles. The highest BCUT2D eigenvalue weighted by atomic mass is 32.1. The van der Waals surface area contributed by atoms with Crippen LogP contribution in [0.15, 0.2) is 18.2 Å². The summed E-state index contributed by atoms with van der Waals surface area (Å²) in [4.78, 5) is 12.8. The lowest BCUT2D eigenvalue weighted by molar-refractivity contribution is 0.0937. The highest BCUT2D eigenvalue weighted by Crippen LogP contribution is 2.34. The third-order valence-corrected chi connectivity index (χ3v) is 3.60. The van der Waals surface area contributed by atoms with Crippen LogP contribution in [-0.4, -0.2) is 31.2 Å². The number of ether oxygens (including phenoxy) is 2. The Balaban J connectivity index is 2.25. The number of hydrogen-bond donors (Lipinski definition) is 2. The molecule has 1 aliphatic rings. The summed E-state index contributed by atoms with van der Waals surface area (Å²) in [5.41, 5.74) is 6.06. The van der Waals surface area contributed by atoms with Gasteiger partial charge in [0.15, 0.2) is 0 Å². The van der Waals surface area contributed by atoms with Crippen molar-refractivity contribution in [1.29, 1.82) is 0 Å². The summed E-state index contributed by atoms with van der Waals surface area (Å²) < 4.78 is 10.4. The van der Waals surface area contributed by atoms with E-state index in [2.05, 4.69) is 5.32 Å². The highest BCUT2D eigenvalue weighted by molar-refractivity contribution is 7.80. The van der Waals surface area contributed by atoms with Gasteiger partial charge in [-0.3, -0.25) is 4.79 Å². The van der Waals surface area contributed by atoms with E-state index in [9.17, 15) is 4.79 Å². The Morgan fingerprint density at radius 1 is 1.35 bits per heavy atom. The molecule has 0 aromatic heterocycles. The van der Waals surface area contributed by atoms with Crippen LogP contribution < -0.4 is 20.5 Å². The molecule has 0 heterocycles. The number of benzene rings is 1. The number of carbonyl (C=O) groups is 1. The molecule has 1 unspecified atom stereocenters. The number of amides is 1. The van der Waals surface area contributed by atoms with Crippen molar-refractivity contribution in [2.24, 2.45) is 11.7 Å². The van der Waals surface area contributed by atoms with Gasteiger partial charge < -0.3 is 20.5 Å². The Labute approximate surface area is 123 Å². The summed E-state index contributed by atoms with van der Waals surface area (Å²) in [5.74, 6) is 0.972. The number of hydrogen-bond acceptors (Lipinski definition) is 4. The molecule has 0 spiro atoms. The quantitative estimate of drug-likeness (QED) is 0.778. The maximum Gasteiger partial charge on any atom is 0.259 e. The average molecular weight is 294 g/mol. The van der Waals surface area contributed by atoms with E-state index in [1.165, 1.54) is 14.2 Å². The molecule has 2 rings (SSSR count).